The topological polar surface area (TPSA) is 29.5 Å². The third kappa shape index (κ3) is 19.8. The molecule has 0 bridgehead atoms. The summed E-state index contributed by atoms with van der Waals surface area (Å²) in [4.78, 5) is 13.9. The third-order valence-electron chi connectivity index (χ3n) is 3.12. The highest BCUT2D eigenvalue weighted by Gasteiger charge is 2.28. The zero-order valence-electron chi connectivity index (χ0n) is 17.1. The van der Waals surface area contributed by atoms with Gasteiger partial charge in [-0.25, -0.2) is 18.0 Å². The van der Waals surface area contributed by atoms with Gasteiger partial charge < -0.3 is 0 Å². The lowest BCUT2D eigenvalue weighted by Gasteiger charge is -2.20. The first-order chi connectivity index (χ1) is 14.4. The Bertz CT molecular complexity index is 652. The van der Waals surface area contributed by atoms with E-state index in [1.165, 1.54) is 7.05 Å². The summed E-state index contributed by atoms with van der Waals surface area (Å²) in [6, 6.07) is 7.40. The van der Waals surface area contributed by atoms with Crippen molar-refractivity contribution in [3.63, 3.8) is 0 Å². The summed E-state index contributed by atoms with van der Waals surface area (Å²) in [6.07, 6.45) is -10.6. The molecular weight excluding hydrogens is 487 g/mol. The highest BCUT2D eigenvalue weighted by atomic mass is 28.3. The molecule has 0 aliphatic heterocycles. The SMILES string of the molecule is C=C[Si](C)(C)c1cccc(N(C)C(=O)F)c1.FCC(F)(F)F.FCF.FOCC(F)(F)F. The van der Waals surface area contributed by atoms with Crippen LogP contribution in [-0.4, -0.2) is 53.8 Å². The molecule has 1 rings (SSSR count). The number of rotatable bonds is 4. The fourth-order valence-electron chi connectivity index (χ4n) is 1.40. The number of carbonyl (C=O) groups excluding carboxylic acids is 1. The molecule has 0 saturated heterocycles. The molecule has 0 unspecified atom stereocenters. The Hall–Kier alpha value is -2.16. The standard InChI is InChI=1S/C12H16FNOSi.C2H2F4O.C2H2F4.CH2F2/c1-5-16(3,4)11-8-6-7-10(9-11)14(2)12(13)15;3-2(4,5)1-7-6;3-1-2(4,5)6;2-1-3/h5-9H,1H2,2-4H3;1H2;1H2;1H2. The Balaban J connectivity index is -0.000000435. The zero-order valence-corrected chi connectivity index (χ0v) is 18.1. The van der Waals surface area contributed by atoms with Gasteiger partial charge in [0, 0.05) is 12.7 Å². The van der Waals surface area contributed by atoms with Crippen molar-refractivity contribution < 1.29 is 58.2 Å². The summed E-state index contributed by atoms with van der Waals surface area (Å²) in [5.41, 5.74) is 2.54. The second-order valence-electron chi connectivity index (χ2n) is 6.01. The molecule has 0 N–H and O–H groups in total. The number of benzene rings is 1. The molecule has 0 atom stereocenters. The van der Waals surface area contributed by atoms with Crippen molar-refractivity contribution in [3.8, 4) is 0 Å². The van der Waals surface area contributed by atoms with Crippen LogP contribution in [0.4, 0.5) is 58.9 Å². The molecule has 3 nitrogen and oxygen atoms in total. The van der Waals surface area contributed by atoms with E-state index < -0.39 is 46.8 Å². The van der Waals surface area contributed by atoms with E-state index in [-0.39, 0.29) is 0 Å². The lowest BCUT2D eigenvalue weighted by Crippen LogP contribution is -2.39. The lowest BCUT2D eigenvalue weighted by molar-refractivity contribution is -0.245. The first kappa shape index (κ1) is 34.4. The smallest absolute Gasteiger partial charge is 0.287 e. The number of alkyl halides is 9. The molecule has 0 radical (unpaired) electrons. The molecule has 0 fully saturated rings. The molecule has 1 aromatic carbocycles. The summed E-state index contributed by atoms with van der Waals surface area (Å²) in [5, 5.41) is 1.13. The molecule has 32 heavy (non-hydrogen) atoms. The molecule has 1 aromatic rings. The minimum absolute atomic E-state index is 0.576. The minimum atomic E-state index is -4.62. The maximum absolute atomic E-state index is 12.6. The maximum Gasteiger partial charge on any atom is 0.416 e. The van der Waals surface area contributed by atoms with Crippen LogP contribution in [0.15, 0.2) is 36.5 Å². The molecule has 0 aliphatic rings. The fraction of sp³-hybridized carbons (Fsp3) is 0.471. The summed E-state index contributed by atoms with van der Waals surface area (Å²) in [6.45, 7) is 2.32. The third-order valence-corrected chi connectivity index (χ3v) is 5.94. The van der Waals surface area contributed by atoms with Crippen LogP contribution >= 0.6 is 0 Å². The lowest BCUT2D eigenvalue weighted by atomic mass is 10.3. The molecule has 188 valence electrons. The average molecular weight is 509 g/mol. The van der Waals surface area contributed by atoms with Crippen LogP contribution in [0.3, 0.4) is 0 Å². The van der Waals surface area contributed by atoms with Crippen molar-refractivity contribution >= 4 is 25.1 Å². The van der Waals surface area contributed by atoms with Gasteiger partial charge in [-0.1, -0.05) is 36.1 Å². The van der Waals surface area contributed by atoms with E-state index in [1.807, 2.05) is 23.9 Å². The van der Waals surface area contributed by atoms with Crippen LogP contribution in [0, 0.1) is 0 Å². The van der Waals surface area contributed by atoms with Crippen LogP contribution in [0.1, 0.15) is 0 Å². The van der Waals surface area contributed by atoms with Gasteiger partial charge in [-0.2, -0.15) is 31.3 Å². The number of hydrogen-bond donors (Lipinski definition) is 0. The van der Waals surface area contributed by atoms with Crippen molar-refractivity contribution in [2.24, 2.45) is 0 Å². The fourth-order valence-corrected chi connectivity index (χ4v) is 2.68. The van der Waals surface area contributed by atoms with Gasteiger partial charge >= 0.3 is 18.5 Å². The van der Waals surface area contributed by atoms with E-state index in [1.54, 1.807) is 6.07 Å². The minimum Gasteiger partial charge on any atom is -0.287 e. The van der Waals surface area contributed by atoms with Gasteiger partial charge in [-0.15, -0.1) is 11.0 Å². The summed E-state index contributed by atoms with van der Waals surface area (Å²) >= 11 is 0. The number of hydrogen-bond acceptors (Lipinski definition) is 2. The van der Waals surface area contributed by atoms with E-state index in [2.05, 4.69) is 24.6 Å². The first-order valence-electron chi connectivity index (χ1n) is 8.14. The highest BCUT2D eigenvalue weighted by Crippen LogP contribution is 2.15. The average Bonchev–Trinajstić information content (AvgIpc) is 2.67. The van der Waals surface area contributed by atoms with Crippen molar-refractivity contribution in [2.75, 3.05) is 32.2 Å². The number of halogens is 11. The van der Waals surface area contributed by atoms with Crippen LogP contribution in [-0.2, 0) is 4.94 Å². The monoisotopic (exact) mass is 509 g/mol. The number of amides is 1. The predicted molar refractivity (Wildman–Crippen MR) is 101 cm³/mol. The maximum atomic E-state index is 12.6. The predicted octanol–water partition coefficient (Wildman–Crippen LogP) is 6.70. The Morgan fingerprint density at radius 1 is 1.09 bits per heavy atom. The van der Waals surface area contributed by atoms with Crippen molar-refractivity contribution in [3.05, 3.63) is 36.5 Å². The van der Waals surface area contributed by atoms with Gasteiger partial charge in [0.25, 0.3) is 0 Å². The molecule has 0 aromatic heterocycles. The Morgan fingerprint density at radius 2 is 1.53 bits per heavy atom. The van der Waals surface area contributed by atoms with E-state index in [9.17, 15) is 53.2 Å². The Kier molecular flexibility index (Phi) is 17.7. The summed E-state index contributed by atoms with van der Waals surface area (Å²) in [7, 11) is -0.241. The molecule has 0 saturated carbocycles. The van der Waals surface area contributed by atoms with Crippen LogP contribution in [0.25, 0.3) is 0 Å². The van der Waals surface area contributed by atoms with Crippen LogP contribution in [0.2, 0.25) is 13.1 Å². The second-order valence-corrected chi connectivity index (χ2v) is 10.4. The molecule has 0 heterocycles. The van der Waals surface area contributed by atoms with Gasteiger partial charge in [0.1, 0.15) is 8.07 Å². The van der Waals surface area contributed by atoms with Crippen LogP contribution in [0.5, 0.6) is 0 Å². The van der Waals surface area contributed by atoms with E-state index in [4.69, 9.17) is 0 Å². The summed E-state index contributed by atoms with van der Waals surface area (Å²) in [5.74, 6) is 0. The summed E-state index contributed by atoms with van der Waals surface area (Å²) < 4.78 is 116. The van der Waals surface area contributed by atoms with Crippen LogP contribution < -0.4 is 10.1 Å². The number of nitrogens with zero attached hydrogens (tertiary/aromatic N) is 1. The van der Waals surface area contributed by atoms with Gasteiger partial charge in [0.2, 0.25) is 6.93 Å². The zero-order chi connectivity index (χ0) is 26.2. The Labute approximate surface area is 178 Å². The van der Waals surface area contributed by atoms with Gasteiger partial charge in [-0.3, -0.25) is 4.90 Å². The quantitative estimate of drug-likeness (QED) is 0.196. The normalized spacial score (nSPS) is 10.9. The molecule has 0 aliphatic carbocycles. The molecule has 1 amide bonds. The Morgan fingerprint density at radius 3 is 1.78 bits per heavy atom. The second kappa shape index (κ2) is 16.5. The van der Waals surface area contributed by atoms with Gasteiger partial charge in [-0.05, 0) is 16.7 Å². The molecule has 0 spiro atoms. The first-order valence-corrected chi connectivity index (χ1v) is 11.2. The van der Waals surface area contributed by atoms with E-state index in [0.717, 1.165) is 10.1 Å². The highest BCUT2D eigenvalue weighted by molar-refractivity contribution is 6.93. The number of carbonyl (C=O) groups is 1. The van der Waals surface area contributed by atoms with Crippen molar-refractivity contribution in [1.82, 2.24) is 0 Å². The largest absolute Gasteiger partial charge is 0.416 e. The molecular formula is C17H22F11NO2Si. The number of anilines is 1. The van der Waals surface area contributed by atoms with E-state index in [0.29, 0.717) is 5.69 Å². The van der Waals surface area contributed by atoms with Gasteiger partial charge in [0.05, 0.1) is 0 Å². The van der Waals surface area contributed by atoms with Gasteiger partial charge in [0.15, 0.2) is 13.3 Å². The van der Waals surface area contributed by atoms with Crippen molar-refractivity contribution in [2.45, 2.75) is 25.4 Å². The van der Waals surface area contributed by atoms with Crippen molar-refractivity contribution in [1.29, 1.82) is 0 Å². The molecule has 15 heteroatoms. The van der Waals surface area contributed by atoms with E-state index >= 15 is 0 Å².